The third kappa shape index (κ3) is 1.78. The lowest BCUT2D eigenvalue weighted by molar-refractivity contribution is 0.398. The fourth-order valence-electron chi connectivity index (χ4n) is 1.72. The predicted octanol–water partition coefficient (Wildman–Crippen LogP) is 3.43. The molecule has 3 heteroatoms. The molecule has 1 aromatic rings. The van der Waals surface area contributed by atoms with Gasteiger partial charge in [0.25, 0.3) is 0 Å². The minimum atomic E-state index is -0.178. The molecule has 0 N–H and O–H groups in total. The van der Waals surface area contributed by atoms with Gasteiger partial charge in [0.1, 0.15) is 5.82 Å². The normalized spacial score (nSPS) is 16.9. The smallest absolute Gasteiger partial charge is 0.139 e. The molecule has 76 valence electrons. The first-order valence-corrected chi connectivity index (χ1v) is 5.70. The maximum atomic E-state index is 13.2. The summed E-state index contributed by atoms with van der Waals surface area (Å²) >= 11 is 3.15. The standard InChI is InChI=1S/C11H13BrFN/c1-2-8-6-14(7-8)9-3-4-10(12)11(13)5-9/h3-5,8H,2,6-7H2,1H3. The van der Waals surface area contributed by atoms with E-state index in [4.69, 9.17) is 0 Å². The summed E-state index contributed by atoms with van der Waals surface area (Å²) in [4.78, 5) is 2.21. The van der Waals surface area contributed by atoms with Crippen molar-refractivity contribution < 1.29 is 4.39 Å². The molecule has 2 rings (SSSR count). The van der Waals surface area contributed by atoms with Gasteiger partial charge in [-0.3, -0.25) is 0 Å². The molecule has 1 aliphatic heterocycles. The van der Waals surface area contributed by atoms with Crippen molar-refractivity contribution in [3.63, 3.8) is 0 Å². The van der Waals surface area contributed by atoms with Crippen LogP contribution in [0.3, 0.4) is 0 Å². The highest BCUT2D eigenvalue weighted by atomic mass is 79.9. The summed E-state index contributed by atoms with van der Waals surface area (Å²) in [5, 5.41) is 0. The lowest BCUT2D eigenvalue weighted by atomic mass is 9.96. The van der Waals surface area contributed by atoms with Crippen molar-refractivity contribution in [2.45, 2.75) is 13.3 Å². The van der Waals surface area contributed by atoms with E-state index < -0.39 is 0 Å². The number of hydrogen-bond acceptors (Lipinski definition) is 1. The lowest BCUT2D eigenvalue weighted by Gasteiger charge is -2.40. The third-order valence-corrected chi connectivity index (χ3v) is 3.45. The van der Waals surface area contributed by atoms with Crippen LogP contribution < -0.4 is 4.90 Å². The van der Waals surface area contributed by atoms with Crippen LogP contribution in [-0.4, -0.2) is 13.1 Å². The van der Waals surface area contributed by atoms with E-state index in [1.807, 2.05) is 6.07 Å². The van der Waals surface area contributed by atoms with Gasteiger partial charge >= 0.3 is 0 Å². The Morgan fingerprint density at radius 1 is 1.50 bits per heavy atom. The van der Waals surface area contributed by atoms with E-state index in [1.54, 1.807) is 12.1 Å². The van der Waals surface area contributed by atoms with Gasteiger partial charge in [0, 0.05) is 18.8 Å². The molecular formula is C11H13BrFN. The van der Waals surface area contributed by atoms with Crippen LogP contribution in [-0.2, 0) is 0 Å². The highest BCUT2D eigenvalue weighted by molar-refractivity contribution is 9.10. The van der Waals surface area contributed by atoms with Crippen molar-refractivity contribution >= 4 is 21.6 Å². The first kappa shape index (κ1) is 9.97. The highest BCUT2D eigenvalue weighted by Crippen LogP contribution is 2.28. The molecule has 0 radical (unpaired) electrons. The fraction of sp³-hybridized carbons (Fsp3) is 0.455. The van der Waals surface area contributed by atoms with E-state index in [9.17, 15) is 4.39 Å². The molecule has 0 amide bonds. The summed E-state index contributed by atoms with van der Waals surface area (Å²) in [6, 6.07) is 5.32. The van der Waals surface area contributed by atoms with Gasteiger partial charge in [0.05, 0.1) is 4.47 Å². The fourth-order valence-corrected chi connectivity index (χ4v) is 1.97. The van der Waals surface area contributed by atoms with E-state index in [-0.39, 0.29) is 5.82 Å². The molecule has 1 aromatic carbocycles. The minimum Gasteiger partial charge on any atom is -0.371 e. The maximum absolute atomic E-state index is 13.2. The van der Waals surface area contributed by atoms with Gasteiger partial charge in [0.15, 0.2) is 0 Å². The van der Waals surface area contributed by atoms with E-state index in [1.165, 1.54) is 6.42 Å². The van der Waals surface area contributed by atoms with Crippen LogP contribution >= 0.6 is 15.9 Å². The van der Waals surface area contributed by atoms with Crippen LogP contribution in [0.25, 0.3) is 0 Å². The Balaban J connectivity index is 2.08. The average molecular weight is 258 g/mol. The zero-order valence-corrected chi connectivity index (χ0v) is 9.72. The molecule has 1 nitrogen and oxygen atoms in total. The molecule has 0 bridgehead atoms. The first-order chi connectivity index (χ1) is 6.70. The molecule has 0 aliphatic carbocycles. The molecule has 0 spiro atoms. The summed E-state index contributed by atoms with van der Waals surface area (Å²) < 4.78 is 13.7. The number of halogens is 2. The Morgan fingerprint density at radius 2 is 2.21 bits per heavy atom. The second kappa shape index (κ2) is 3.89. The molecule has 1 aliphatic rings. The SMILES string of the molecule is CCC1CN(c2ccc(Br)c(F)c2)C1. The van der Waals surface area contributed by atoms with E-state index in [2.05, 4.69) is 27.8 Å². The number of hydrogen-bond donors (Lipinski definition) is 0. The van der Waals surface area contributed by atoms with Gasteiger partial charge in [-0.25, -0.2) is 4.39 Å². The van der Waals surface area contributed by atoms with Crippen LogP contribution in [0, 0.1) is 11.7 Å². The summed E-state index contributed by atoms with van der Waals surface area (Å²) in [6.07, 6.45) is 1.22. The van der Waals surface area contributed by atoms with Gasteiger partial charge in [-0.15, -0.1) is 0 Å². The summed E-state index contributed by atoms with van der Waals surface area (Å²) in [7, 11) is 0. The second-order valence-electron chi connectivity index (χ2n) is 3.78. The van der Waals surface area contributed by atoms with Gasteiger partial charge in [-0.2, -0.15) is 0 Å². The Morgan fingerprint density at radius 3 is 2.79 bits per heavy atom. The molecule has 0 unspecified atom stereocenters. The van der Waals surface area contributed by atoms with Crippen LogP contribution in [0.15, 0.2) is 22.7 Å². The van der Waals surface area contributed by atoms with Crippen molar-refractivity contribution in [3.05, 3.63) is 28.5 Å². The predicted molar refractivity (Wildman–Crippen MR) is 60.1 cm³/mol. The highest BCUT2D eigenvalue weighted by Gasteiger charge is 2.25. The quantitative estimate of drug-likeness (QED) is 0.785. The van der Waals surface area contributed by atoms with Crippen molar-refractivity contribution in [1.82, 2.24) is 0 Å². The van der Waals surface area contributed by atoms with E-state index >= 15 is 0 Å². The van der Waals surface area contributed by atoms with Crippen LogP contribution in [0.4, 0.5) is 10.1 Å². The average Bonchev–Trinajstić information content (AvgIpc) is 2.09. The second-order valence-corrected chi connectivity index (χ2v) is 4.63. The van der Waals surface area contributed by atoms with Gasteiger partial charge in [-0.1, -0.05) is 6.92 Å². The molecule has 0 atom stereocenters. The van der Waals surface area contributed by atoms with Crippen LogP contribution in [0.2, 0.25) is 0 Å². The zero-order valence-electron chi connectivity index (χ0n) is 8.13. The number of nitrogens with zero attached hydrogens (tertiary/aromatic N) is 1. The largest absolute Gasteiger partial charge is 0.371 e. The van der Waals surface area contributed by atoms with Crippen molar-refractivity contribution in [2.24, 2.45) is 5.92 Å². The Labute approximate surface area is 92.0 Å². The number of anilines is 1. The molecule has 0 aromatic heterocycles. The molecule has 0 saturated carbocycles. The maximum Gasteiger partial charge on any atom is 0.139 e. The van der Waals surface area contributed by atoms with E-state index in [0.29, 0.717) is 4.47 Å². The van der Waals surface area contributed by atoms with Crippen LogP contribution in [0.1, 0.15) is 13.3 Å². The molecule has 14 heavy (non-hydrogen) atoms. The summed E-state index contributed by atoms with van der Waals surface area (Å²) in [5.74, 6) is 0.615. The van der Waals surface area contributed by atoms with Gasteiger partial charge in [-0.05, 0) is 46.5 Å². The topological polar surface area (TPSA) is 3.24 Å². The lowest BCUT2D eigenvalue weighted by Crippen LogP contribution is -2.46. The van der Waals surface area contributed by atoms with Crippen molar-refractivity contribution in [1.29, 1.82) is 0 Å². The number of benzene rings is 1. The van der Waals surface area contributed by atoms with Gasteiger partial charge in [0.2, 0.25) is 0 Å². The summed E-state index contributed by atoms with van der Waals surface area (Å²) in [6.45, 7) is 4.33. The molecule has 1 fully saturated rings. The van der Waals surface area contributed by atoms with Crippen LogP contribution in [0.5, 0.6) is 0 Å². The molecular weight excluding hydrogens is 245 g/mol. The Hall–Kier alpha value is -0.570. The number of rotatable bonds is 2. The molecule has 1 saturated heterocycles. The Bertz CT molecular complexity index is 334. The Kier molecular flexibility index (Phi) is 2.77. The third-order valence-electron chi connectivity index (χ3n) is 2.80. The zero-order chi connectivity index (χ0) is 10.1. The summed E-state index contributed by atoms with van der Waals surface area (Å²) in [5.41, 5.74) is 0.996. The van der Waals surface area contributed by atoms with E-state index in [0.717, 1.165) is 24.7 Å². The monoisotopic (exact) mass is 257 g/mol. The molecule has 1 heterocycles. The van der Waals surface area contributed by atoms with Gasteiger partial charge < -0.3 is 4.90 Å². The van der Waals surface area contributed by atoms with Crippen molar-refractivity contribution in [2.75, 3.05) is 18.0 Å². The first-order valence-electron chi connectivity index (χ1n) is 4.90. The minimum absolute atomic E-state index is 0.178. The van der Waals surface area contributed by atoms with Crippen molar-refractivity contribution in [3.8, 4) is 0 Å².